The zero-order chi connectivity index (χ0) is 17.1. The summed E-state index contributed by atoms with van der Waals surface area (Å²) in [5.74, 6) is 2.33. The molecule has 0 aliphatic heterocycles. The Morgan fingerprint density at radius 2 is 1.42 bits per heavy atom. The van der Waals surface area contributed by atoms with E-state index in [2.05, 4.69) is 0 Å². The number of ether oxygens (including phenoxy) is 1. The second-order valence-corrected chi connectivity index (χ2v) is 9.48. The van der Waals surface area contributed by atoms with Crippen LogP contribution in [0.3, 0.4) is 0 Å². The number of carboxylic acid groups (broad SMARTS) is 1. The molecule has 0 spiro atoms. The van der Waals surface area contributed by atoms with Crippen molar-refractivity contribution in [3.63, 3.8) is 0 Å². The molecule has 0 aromatic rings. The Kier molecular flexibility index (Phi) is 3.92. The molecule has 0 heterocycles. The third-order valence-electron chi connectivity index (χ3n) is 7.72. The molecule has 0 amide bonds. The first-order valence-corrected chi connectivity index (χ1v) is 9.80. The normalized spacial score (nSPS) is 41.6. The number of fused-ring (bicyclic) bond motifs is 4. The summed E-state index contributed by atoms with van der Waals surface area (Å²) in [5.41, 5.74) is -1.45. The SMILES string of the molecule is CC(C)(C(=O)O)C(=O)OC(C1CC2CCC1C2)C1CC2CCC1C2. The molecule has 0 saturated heterocycles. The van der Waals surface area contributed by atoms with Crippen molar-refractivity contribution in [3.8, 4) is 0 Å². The van der Waals surface area contributed by atoms with Crippen molar-refractivity contribution in [1.29, 1.82) is 0 Å². The van der Waals surface area contributed by atoms with E-state index >= 15 is 0 Å². The maximum atomic E-state index is 12.6. The fraction of sp³-hybridized carbons (Fsp3) is 0.900. The lowest BCUT2D eigenvalue weighted by molar-refractivity contribution is -0.176. The molecule has 4 aliphatic rings. The first kappa shape index (κ1) is 16.4. The van der Waals surface area contributed by atoms with Crippen LogP contribution in [0.15, 0.2) is 0 Å². The van der Waals surface area contributed by atoms with Gasteiger partial charge in [0.2, 0.25) is 0 Å². The van der Waals surface area contributed by atoms with E-state index in [1.807, 2.05) is 0 Å². The molecular formula is C20H30O4. The van der Waals surface area contributed by atoms with Crippen LogP contribution in [-0.4, -0.2) is 23.1 Å². The van der Waals surface area contributed by atoms with Crippen LogP contribution >= 0.6 is 0 Å². The zero-order valence-electron chi connectivity index (χ0n) is 14.9. The van der Waals surface area contributed by atoms with Gasteiger partial charge in [-0.25, -0.2) is 0 Å². The number of rotatable bonds is 5. The quantitative estimate of drug-likeness (QED) is 0.612. The monoisotopic (exact) mass is 334 g/mol. The third-order valence-corrected chi connectivity index (χ3v) is 7.72. The maximum Gasteiger partial charge on any atom is 0.323 e. The lowest BCUT2D eigenvalue weighted by Crippen LogP contribution is -2.44. The summed E-state index contributed by atoms with van der Waals surface area (Å²) < 4.78 is 6.03. The van der Waals surface area contributed by atoms with Crippen LogP contribution in [0.25, 0.3) is 0 Å². The van der Waals surface area contributed by atoms with E-state index < -0.39 is 17.4 Å². The van der Waals surface area contributed by atoms with E-state index in [1.54, 1.807) is 0 Å². The molecular weight excluding hydrogens is 304 g/mol. The minimum atomic E-state index is -1.45. The van der Waals surface area contributed by atoms with Crippen LogP contribution in [0.2, 0.25) is 0 Å². The molecule has 4 rings (SSSR count). The molecule has 4 fully saturated rings. The molecule has 4 heteroatoms. The number of carbonyl (C=O) groups is 2. The van der Waals surface area contributed by atoms with E-state index in [9.17, 15) is 14.7 Å². The number of carbonyl (C=O) groups excluding carboxylic acids is 1. The predicted octanol–water partition coefficient (Wildman–Crippen LogP) is 3.88. The lowest BCUT2D eigenvalue weighted by atomic mass is 9.74. The summed E-state index contributed by atoms with van der Waals surface area (Å²) in [6, 6.07) is 0. The first-order valence-electron chi connectivity index (χ1n) is 9.80. The average Bonchev–Trinajstić information content (AvgIpc) is 3.31. The first-order chi connectivity index (χ1) is 11.4. The topological polar surface area (TPSA) is 63.6 Å². The van der Waals surface area contributed by atoms with Gasteiger partial charge in [0.15, 0.2) is 5.41 Å². The highest BCUT2D eigenvalue weighted by Crippen LogP contribution is 2.57. The molecule has 4 nitrogen and oxygen atoms in total. The van der Waals surface area contributed by atoms with Gasteiger partial charge >= 0.3 is 11.9 Å². The van der Waals surface area contributed by atoms with Crippen LogP contribution in [0, 0.1) is 40.9 Å². The summed E-state index contributed by atoms with van der Waals surface area (Å²) in [4.78, 5) is 24.1. The van der Waals surface area contributed by atoms with Crippen LogP contribution in [-0.2, 0) is 14.3 Å². The van der Waals surface area contributed by atoms with E-state index in [0.717, 1.165) is 11.8 Å². The average molecular weight is 334 g/mol. The fourth-order valence-electron chi connectivity index (χ4n) is 6.24. The Hall–Kier alpha value is -1.06. The molecule has 24 heavy (non-hydrogen) atoms. The van der Waals surface area contributed by atoms with Gasteiger partial charge in [-0.05, 0) is 87.9 Å². The molecule has 1 N–H and O–H groups in total. The number of hydrogen-bond acceptors (Lipinski definition) is 3. The van der Waals surface area contributed by atoms with Crippen molar-refractivity contribution in [2.45, 2.75) is 71.3 Å². The van der Waals surface area contributed by atoms with Crippen LogP contribution in [0.1, 0.15) is 65.2 Å². The number of hydrogen-bond donors (Lipinski definition) is 1. The third kappa shape index (κ3) is 2.57. The number of aliphatic carboxylic acids is 1. The van der Waals surface area contributed by atoms with Crippen molar-refractivity contribution in [1.82, 2.24) is 0 Å². The van der Waals surface area contributed by atoms with Gasteiger partial charge in [0.1, 0.15) is 6.10 Å². The highest BCUT2D eigenvalue weighted by atomic mass is 16.5. The predicted molar refractivity (Wildman–Crippen MR) is 89.2 cm³/mol. The molecule has 4 bridgehead atoms. The molecule has 134 valence electrons. The smallest absolute Gasteiger partial charge is 0.323 e. The second-order valence-electron chi connectivity index (χ2n) is 9.48. The Morgan fingerprint density at radius 1 is 0.917 bits per heavy atom. The lowest BCUT2D eigenvalue weighted by Gasteiger charge is -2.38. The van der Waals surface area contributed by atoms with Gasteiger partial charge in [-0.3, -0.25) is 9.59 Å². The van der Waals surface area contributed by atoms with E-state index in [1.165, 1.54) is 65.2 Å². The van der Waals surface area contributed by atoms with E-state index in [4.69, 9.17) is 4.74 Å². The van der Waals surface area contributed by atoms with Crippen LogP contribution in [0.5, 0.6) is 0 Å². The Morgan fingerprint density at radius 3 is 1.75 bits per heavy atom. The Bertz CT molecular complexity index is 512. The van der Waals surface area contributed by atoms with Crippen molar-refractivity contribution in [3.05, 3.63) is 0 Å². The van der Waals surface area contributed by atoms with Gasteiger partial charge < -0.3 is 9.84 Å². The standard InChI is InChI=1S/C20H30O4/c1-20(2,18(21)22)19(23)24-17(15-9-11-3-5-13(15)7-11)16-10-12-4-6-14(16)8-12/h11-17H,3-10H2,1-2H3,(H,21,22). The Balaban J connectivity index is 1.54. The molecule has 4 aliphatic carbocycles. The van der Waals surface area contributed by atoms with Gasteiger partial charge in [0, 0.05) is 0 Å². The van der Waals surface area contributed by atoms with E-state index in [0.29, 0.717) is 23.7 Å². The molecule has 0 aromatic heterocycles. The van der Waals surface area contributed by atoms with Crippen molar-refractivity contribution < 1.29 is 19.4 Å². The van der Waals surface area contributed by atoms with Crippen molar-refractivity contribution in [2.75, 3.05) is 0 Å². The second kappa shape index (κ2) is 5.74. The van der Waals surface area contributed by atoms with Gasteiger partial charge in [-0.2, -0.15) is 0 Å². The molecule has 0 radical (unpaired) electrons. The highest BCUT2D eigenvalue weighted by Gasteiger charge is 2.53. The fourth-order valence-corrected chi connectivity index (χ4v) is 6.24. The zero-order valence-corrected chi connectivity index (χ0v) is 14.9. The molecule has 0 aromatic carbocycles. The summed E-state index contributed by atoms with van der Waals surface area (Å²) in [6.07, 6.45) is 10.1. The minimum Gasteiger partial charge on any atom is -0.480 e. The van der Waals surface area contributed by atoms with Crippen LogP contribution in [0.4, 0.5) is 0 Å². The van der Waals surface area contributed by atoms with Crippen molar-refractivity contribution in [2.24, 2.45) is 40.9 Å². The van der Waals surface area contributed by atoms with Crippen molar-refractivity contribution >= 4 is 11.9 Å². The number of carboxylic acids is 1. The van der Waals surface area contributed by atoms with Gasteiger partial charge in [0.05, 0.1) is 0 Å². The summed E-state index contributed by atoms with van der Waals surface area (Å²) in [7, 11) is 0. The largest absolute Gasteiger partial charge is 0.480 e. The maximum absolute atomic E-state index is 12.6. The summed E-state index contributed by atoms with van der Waals surface area (Å²) in [6.45, 7) is 2.94. The minimum absolute atomic E-state index is 0.0401. The van der Waals surface area contributed by atoms with Gasteiger partial charge in [0.25, 0.3) is 0 Å². The van der Waals surface area contributed by atoms with Gasteiger partial charge in [-0.15, -0.1) is 0 Å². The summed E-state index contributed by atoms with van der Waals surface area (Å²) in [5, 5.41) is 9.36. The molecule has 6 atom stereocenters. The van der Waals surface area contributed by atoms with E-state index in [-0.39, 0.29) is 6.10 Å². The van der Waals surface area contributed by atoms with Crippen LogP contribution < -0.4 is 0 Å². The highest BCUT2D eigenvalue weighted by molar-refractivity contribution is 5.98. The molecule has 6 unspecified atom stereocenters. The Labute approximate surface area is 144 Å². The van der Waals surface area contributed by atoms with Gasteiger partial charge in [-0.1, -0.05) is 12.8 Å². The molecule has 4 saturated carbocycles. The number of esters is 1. The summed E-state index contributed by atoms with van der Waals surface area (Å²) >= 11 is 0.